The molecular weight excluding hydrogens is 384 g/mol. The highest BCUT2D eigenvalue weighted by Crippen LogP contribution is 2.31. The number of carbonyl (C=O) groups excluding carboxylic acids is 2. The number of hydrogen-bond donors (Lipinski definition) is 0. The fraction of sp³-hybridized carbons (Fsp3) is 0.261. The molecule has 0 atom stereocenters. The summed E-state index contributed by atoms with van der Waals surface area (Å²) >= 11 is 0. The molecule has 1 amide bonds. The first-order valence-electron chi connectivity index (χ1n) is 9.55. The van der Waals surface area contributed by atoms with Crippen molar-refractivity contribution in [3.8, 4) is 17.6 Å². The lowest BCUT2D eigenvalue weighted by atomic mass is 10.2. The number of anilines is 1. The van der Waals surface area contributed by atoms with E-state index in [1.54, 1.807) is 36.4 Å². The second kappa shape index (κ2) is 10.1. The summed E-state index contributed by atoms with van der Waals surface area (Å²) in [6.07, 6.45) is 3.01. The maximum absolute atomic E-state index is 12.6. The van der Waals surface area contributed by atoms with E-state index in [0.29, 0.717) is 30.4 Å². The highest BCUT2D eigenvalue weighted by molar-refractivity contribution is 5.96. The van der Waals surface area contributed by atoms with Crippen molar-refractivity contribution in [2.75, 3.05) is 31.3 Å². The molecule has 0 unspecified atom stereocenters. The topological polar surface area (TPSA) is 88.9 Å². The smallest absolute Gasteiger partial charge is 0.331 e. The van der Waals surface area contributed by atoms with Gasteiger partial charge in [0.25, 0.3) is 5.91 Å². The van der Waals surface area contributed by atoms with Crippen LogP contribution in [0, 0.1) is 18.3 Å². The van der Waals surface area contributed by atoms with Gasteiger partial charge in [0.05, 0.1) is 12.5 Å². The lowest BCUT2D eigenvalue weighted by Gasteiger charge is -2.21. The molecule has 3 rings (SSSR count). The van der Waals surface area contributed by atoms with E-state index in [2.05, 4.69) is 0 Å². The Morgan fingerprint density at radius 3 is 2.60 bits per heavy atom. The predicted molar refractivity (Wildman–Crippen MR) is 111 cm³/mol. The molecule has 7 nitrogen and oxygen atoms in total. The lowest BCUT2D eigenvalue weighted by molar-refractivity contribution is -0.142. The Morgan fingerprint density at radius 1 is 1.13 bits per heavy atom. The standard InChI is InChI=1S/C23H22N2O5/c1-17-3-7-19(8-4-17)25(12-2-11-24)22(26)16-30-23(27)10-6-18-5-9-20-21(15-18)29-14-13-28-20/h3-10,15H,2,12-14,16H2,1H3/b10-6+. The molecule has 0 saturated carbocycles. The van der Waals surface area contributed by atoms with E-state index in [4.69, 9.17) is 19.5 Å². The monoisotopic (exact) mass is 406 g/mol. The van der Waals surface area contributed by atoms with Crippen molar-refractivity contribution in [1.29, 1.82) is 5.26 Å². The Hall–Kier alpha value is -3.79. The van der Waals surface area contributed by atoms with Crippen LogP contribution in [0.2, 0.25) is 0 Å². The van der Waals surface area contributed by atoms with E-state index in [0.717, 1.165) is 11.1 Å². The van der Waals surface area contributed by atoms with E-state index in [-0.39, 0.29) is 13.0 Å². The number of aryl methyl sites for hydroxylation is 1. The van der Waals surface area contributed by atoms with Crippen molar-refractivity contribution in [2.45, 2.75) is 13.3 Å². The Morgan fingerprint density at radius 2 is 1.87 bits per heavy atom. The molecule has 7 heteroatoms. The minimum atomic E-state index is -0.637. The fourth-order valence-electron chi connectivity index (χ4n) is 2.87. The lowest BCUT2D eigenvalue weighted by Crippen LogP contribution is -2.35. The minimum Gasteiger partial charge on any atom is -0.486 e. The highest BCUT2D eigenvalue weighted by atomic mass is 16.6. The van der Waals surface area contributed by atoms with Crippen LogP contribution in [0.5, 0.6) is 11.5 Å². The Balaban J connectivity index is 1.58. The van der Waals surface area contributed by atoms with Gasteiger partial charge < -0.3 is 19.1 Å². The van der Waals surface area contributed by atoms with E-state index in [1.807, 2.05) is 25.1 Å². The molecule has 2 aromatic carbocycles. The molecular formula is C23H22N2O5. The van der Waals surface area contributed by atoms with Crippen LogP contribution in [0.1, 0.15) is 17.5 Å². The molecule has 0 radical (unpaired) electrons. The Bertz CT molecular complexity index is 976. The average Bonchev–Trinajstić information content (AvgIpc) is 2.77. The molecule has 0 bridgehead atoms. The van der Waals surface area contributed by atoms with Crippen LogP contribution in [0.15, 0.2) is 48.5 Å². The third-order valence-corrected chi connectivity index (χ3v) is 4.41. The summed E-state index contributed by atoms with van der Waals surface area (Å²) in [6.45, 7) is 2.75. The molecule has 30 heavy (non-hydrogen) atoms. The minimum absolute atomic E-state index is 0.178. The molecule has 1 aliphatic heterocycles. The second-order valence-corrected chi connectivity index (χ2v) is 6.63. The quantitative estimate of drug-likeness (QED) is 0.518. The van der Waals surface area contributed by atoms with Crippen LogP contribution in [0.3, 0.4) is 0 Å². The van der Waals surface area contributed by atoms with Gasteiger partial charge in [-0.25, -0.2) is 4.79 Å². The maximum atomic E-state index is 12.6. The van der Waals surface area contributed by atoms with Gasteiger partial charge in [0.15, 0.2) is 18.1 Å². The number of ether oxygens (including phenoxy) is 3. The van der Waals surface area contributed by atoms with Gasteiger partial charge in [-0.15, -0.1) is 0 Å². The zero-order valence-electron chi connectivity index (χ0n) is 16.7. The third-order valence-electron chi connectivity index (χ3n) is 4.41. The Labute approximate surface area is 175 Å². The molecule has 0 saturated heterocycles. The fourth-order valence-corrected chi connectivity index (χ4v) is 2.87. The van der Waals surface area contributed by atoms with Crippen molar-refractivity contribution in [3.05, 3.63) is 59.7 Å². The summed E-state index contributed by atoms with van der Waals surface area (Å²) in [5.74, 6) is 0.260. The van der Waals surface area contributed by atoms with Crippen LogP contribution in [0.4, 0.5) is 5.69 Å². The molecule has 1 aliphatic rings. The van der Waals surface area contributed by atoms with E-state index in [9.17, 15) is 9.59 Å². The van der Waals surface area contributed by atoms with Gasteiger partial charge in [-0.1, -0.05) is 23.8 Å². The number of esters is 1. The largest absolute Gasteiger partial charge is 0.486 e. The molecule has 0 fully saturated rings. The van der Waals surface area contributed by atoms with Gasteiger partial charge >= 0.3 is 5.97 Å². The van der Waals surface area contributed by atoms with E-state index >= 15 is 0 Å². The summed E-state index contributed by atoms with van der Waals surface area (Å²) < 4.78 is 16.1. The maximum Gasteiger partial charge on any atom is 0.331 e. The van der Waals surface area contributed by atoms with Crippen molar-refractivity contribution in [1.82, 2.24) is 0 Å². The number of carbonyl (C=O) groups is 2. The summed E-state index contributed by atoms with van der Waals surface area (Å²) in [5, 5.41) is 8.86. The van der Waals surface area contributed by atoms with Crippen LogP contribution in [0.25, 0.3) is 6.08 Å². The molecule has 154 valence electrons. The number of nitriles is 1. The normalized spacial score (nSPS) is 12.3. The number of rotatable bonds is 7. The zero-order chi connectivity index (χ0) is 21.3. The third kappa shape index (κ3) is 5.61. The molecule has 0 aliphatic carbocycles. The average molecular weight is 406 g/mol. The molecule has 0 spiro atoms. The van der Waals surface area contributed by atoms with Gasteiger partial charge in [0, 0.05) is 18.3 Å². The van der Waals surface area contributed by atoms with E-state index in [1.165, 1.54) is 11.0 Å². The van der Waals surface area contributed by atoms with Crippen LogP contribution < -0.4 is 14.4 Å². The van der Waals surface area contributed by atoms with Crippen LogP contribution >= 0.6 is 0 Å². The summed E-state index contributed by atoms with van der Waals surface area (Å²) in [7, 11) is 0. The van der Waals surface area contributed by atoms with Gasteiger partial charge in [-0.3, -0.25) is 4.79 Å². The van der Waals surface area contributed by atoms with E-state index < -0.39 is 18.5 Å². The van der Waals surface area contributed by atoms with Crippen molar-refractivity contribution >= 4 is 23.6 Å². The van der Waals surface area contributed by atoms with Crippen molar-refractivity contribution in [3.63, 3.8) is 0 Å². The molecule has 0 N–H and O–H groups in total. The summed E-state index contributed by atoms with van der Waals surface area (Å²) in [5.41, 5.74) is 2.46. The van der Waals surface area contributed by atoms with Gasteiger partial charge in [0.2, 0.25) is 0 Å². The first kappa shape index (κ1) is 20.9. The van der Waals surface area contributed by atoms with Crippen LogP contribution in [-0.4, -0.2) is 38.2 Å². The summed E-state index contributed by atoms with van der Waals surface area (Å²) in [4.78, 5) is 26.0. The molecule has 2 aromatic rings. The number of hydrogen-bond acceptors (Lipinski definition) is 6. The number of amides is 1. The van der Waals surface area contributed by atoms with Gasteiger partial charge in [0.1, 0.15) is 13.2 Å². The SMILES string of the molecule is Cc1ccc(N(CCC#N)C(=O)COC(=O)/C=C/c2ccc3c(c2)OCCO3)cc1. The summed E-state index contributed by atoms with van der Waals surface area (Å²) in [6, 6.07) is 14.7. The number of benzene rings is 2. The van der Waals surface area contributed by atoms with Crippen molar-refractivity contribution < 1.29 is 23.8 Å². The van der Waals surface area contributed by atoms with Crippen LogP contribution in [-0.2, 0) is 14.3 Å². The Kier molecular flexibility index (Phi) is 7.06. The van der Waals surface area contributed by atoms with Crippen molar-refractivity contribution in [2.24, 2.45) is 0 Å². The highest BCUT2D eigenvalue weighted by Gasteiger charge is 2.17. The van der Waals surface area contributed by atoms with Gasteiger partial charge in [-0.2, -0.15) is 5.26 Å². The molecule has 0 aromatic heterocycles. The second-order valence-electron chi connectivity index (χ2n) is 6.63. The molecule has 1 heterocycles. The zero-order valence-corrected chi connectivity index (χ0v) is 16.7. The first-order valence-corrected chi connectivity index (χ1v) is 9.55. The first-order chi connectivity index (χ1) is 14.6. The number of nitrogens with zero attached hydrogens (tertiary/aromatic N) is 2. The predicted octanol–water partition coefficient (Wildman–Crippen LogP) is 3.27. The number of fused-ring (bicyclic) bond motifs is 1. The van der Waals surface area contributed by atoms with Gasteiger partial charge in [-0.05, 0) is 42.8 Å².